The Balaban J connectivity index is 1.64. The molecule has 2 aromatic carbocycles. The molecule has 116 valence electrons. The number of hydrogen-bond acceptors (Lipinski definition) is 6. The number of rotatable bonds is 3. The average molecular weight is 392 g/mol. The predicted molar refractivity (Wildman–Crippen MR) is 93.0 cm³/mol. The topological polar surface area (TPSA) is 99.5 Å². The summed E-state index contributed by atoms with van der Waals surface area (Å²) in [4.78, 5) is 11.9. The minimum atomic E-state index is -0.486. The lowest BCUT2D eigenvalue weighted by atomic mass is 10.2. The summed E-state index contributed by atoms with van der Waals surface area (Å²) in [5.41, 5.74) is 5.02. The van der Waals surface area contributed by atoms with Gasteiger partial charge in [0.1, 0.15) is 16.8 Å². The average Bonchev–Trinajstić information content (AvgIpc) is 3.00. The van der Waals surface area contributed by atoms with Crippen molar-refractivity contribution in [3.63, 3.8) is 0 Å². The quantitative estimate of drug-likeness (QED) is 0.470. The minimum Gasteiger partial charge on any atom is -0.507 e. The van der Waals surface area contributed by atoms with Gasteiger partial charge in [-0.05, 0) is 51.8 Å². The van der Waals surface area contributed by atoms with Gasteiger partial charge in [-0.25, -0.2) is 10.2 Å². The molecule has 3 rings (SSSR count). The molecule has 0 saturated carbocycles. The van der Waals surface area contributed by atoms with Crippen molar-refractivity contribution in [1.29, 1.82) is 0 Å². The van der Waals surface area contributed by atoms with E-state index in [2.05, 4.69) is 40.5 Å². The zero-order valence-corrected chi connectivity index (χ0v) is 13.9. The van der Waals surface area contributed by atoms with E-state index in [0.717, 1.165) is 22.8 Å². The van der Waals surface area contributed by atoms with E-state index in [-0.39, 0.29) is 5.75 Å². The summed E-state index contributed by atoms with van der Waals surface area (Å²) in [5, 5.41) is 15.9. The van der Waals surface area contributed by atoms with Gasteiger partial charge in [0.2, 0.25) is 0 Å². The number of halogens is 1. The minimum absolute atomic E-state index is 0.137. The van der Waals surface area contributed by atoms with Crippen molar-refractivity contribution in [2.45, 2.75) is 0 Å². The highest BCUT2D eigenvalue weighted by atomic mass is 79.9. The van der Waals surface area contributed by atoms with Crippen LogP contribution in [0.1, 0.15) is 5.56 Å². The molecule has 0 bridgehead atoms. The molecule has 0 aliphatic heterocycles. The maximum Gasteiger partial charge on any atom is 0.339 e. The van der Waals surface area contributed by atoms with Gasteiger partial charge in [0.15, 0.2) is 0 Å². The number of hydrazone groups is 1. The number of anilines is 1. The Hall–Kier alpha value is -2.52. The Morgan fingerprint density at radius 3 is 3.00 bits per heavy atom. The van der Waals surface area contributed by atoms with E-state index >= 15 is 0 Å². The third-order valence-electron chi connectivity index (χ3n) is 2.89. The lowest BCUT2D eigenvalue weighted by molar-refractivity contribution is 0.252. The zero-order chi connectivity index (χ0) is 16.2. The maximum absolute atomic E-state index is 11.9. The van der Waals surface area contributed by atoms with Crippen LogP contribution in [0.3, 0.4) is 0 Å². The fraction of sp³-hybridized carbons (Fsp3) is 0. The second-order valence-corrected chi connectivity index (χ2v) is 5.86. The SMILES string of the molecule is O=C(N/N=C/c1ccc(O)c(Br)c1)Nc1cccc2nsnc12. The number of amides is 2. The van der Waals surface area contributed by atoms with Gasteiger partial charge in [-0.1, -0.05) is 6.07 Å². The highest BCUT2D eigenvalue weighted by Crippen LogP contribution is 2.23. The number of nitrogens with zero attached hydrogens (tertiary/aromatic N) is 3. The first-order chi connectivity index (χ1) is 11.1. The molecule has 9 heteroatoms. The third kappa shape index (κ3) is 3.63. The predicted octanol–water partition coefficient (Wildman–Crippen LogP) is 3.32. The Labute approximate surface area is 143 Å². The van der Waals surface area contributed by atoms with Gasteiger partial charge in [-0.3, -0.25) is 0 Å². The van der Waals surface area contributed by atoms with Gasteiger partial charge >= 0.3 is 6.03 Å². The first-order valence-electron chi connectivity index (χ1n) is 6.43. The fourth-order valence-electron chi connectivity index (χ4n) is 1.83. The summed E-state index contributed by atoms with van der Waals surface area (Å²) >= 11 is 4.29. The first kappa shape index (κ1) is 15.4. The smallest absolute Gasteiger partial charge is 0.339 e. The van der Waals surface area contributed by atoms with Crippen molar-refractivity contribution >= 4 is 56.6 Å². The fourth-order valence-corrected chi connectivity index (χ4v) is 2.77. The molecule has 3 aromatic rings. The summed E-state index contributed by atoms with van der Waals surface area (Å²) in [5.74, 6) is 0.137. The molecular formula is C14H10BrN5O2S. The van der Waals surface area contributed by atoms with Crippen LogP contribution in [0, 0.1) is 0 Å². The summed E-state index contributed by atoms with van der Waals surface area (Å²) in [7, 11) is 0. The van der Waals surface area contributed by atoms with Gasteiger partial charge in [-0.15, -0.1) is 0 Å². The summed E-state index contributed by atoms with van der Waals surface area (Å²) in [6, 6.07) is 9.75. The Bertz CT molecular complexity index is 896. The molecule has 3 N–H and O–H groups in total. The number of fused-ring (bicyclic) bond motifs is 1. The van der Waals surface area contributed by atoms with Crippen LogP contribution in [0.15, 0.2) is 46.0 Å². The molecule has 0 spiro atoms. The maximum atomic E-state index is 11.9. The van der Waals surface area contributed by atoms with Gasteiger partial charge < -0.3 is 10.4 Å². The Morgan fingerprint density at radius 1 is 1.30 bits per heavy atom. The lowest BCUT2D eigenvalue weighted by Gasteiger charge is -2.04. The Morgan fingerprint density at radius 2 is 2.17 bits per heavy atom. The van der Waals surface area contributed by atoms with E-state index in [0.29, 0.717) is 15.7 Å². The number of nitrogens with one attached hydrogen (secondary N) is 2. The number of benzene rings is 2. The zero-order valence-electron chi connectivity index (χ0n) is 11.5. The van der Waals surface area contributed by atoms with Gasteiger partial charge in [0.05, 0.1) is 28.1 Å². The number of aromatic hydroxyl groups is 1. The second-order valence-electron chi connectivity index (χ2n) is 4.47. The third-order valence-corrected chi connectivity index (χ3v) is 4.06. The molecule has 23 heavy (non-hydrogen) atoms. The lowest BCUT2D eigenvalue weighted by Crippen LogP contribution is -2.24. The monoisotopic (exact) mass is 391 g/mol. The van der Waals surface area contributed by atoms with E-state index in [1.54, 1.807) is 24.3 Å². The number of carbonyl (C=O) groups is 1. The van der Waals surface area contributed by atoms with Crippen LogP contribution in [0.25, 0.3) is 11.0 Å². The molecule has 0 aliphatic carbocycles. The molecule has 0 aliphatic rings. The number of urea groups is 1. The number of phenols is 1. The standard InChI is InChI=1S/C14H10BrN5O2S/c15-9-6-8(4-5-12(9)21)7-16-18-14(22)17-10-2-1-3-11-13(10)20-23-19-11/h1-7,21H,(H2,17,18,22)/b16-7+. The van der Waals surface area contributed by atoms with Gasteiger partial charge in [0.25, 0.3) is 0 Å². The molecule has 0 fully saturated rings. The highest BCUT2D eigenvalue weighted by molar-refractivity contribution is 9.10. The van der Waals surface area contributed by atoms with Gasteiger partial charge in [0, 0.05) is 0 Å². The summed E-state index contributed by atoms with van der Waals surface area (Å²) in [6.07, 6.45) is 1.47. The van der Waals surface area contributed by atoms with Crippen molar-refractivity contribution in [3.05, 3.63) is 46.4 Å². The molecule has 0 unspecified atom stereocenters. The normalized spacial score (nSPS) is 11.0. The molecule has 2 amide bonds. The van der Waals surface area contributed by atoms with Crippen LogP contribution >= 0.6 is 27.7 Å². The van der Waals surface area contributed by atoms with E-state index in [1.807, 2.05) is 6.07 Å². The largest absolute Gasteiger partial charge is 0.507 e. The van der Waals surface area contributed by atoms with Gasteiger partial charge in [-0.2, -0.15) is 13.8 Å². The number of phenolic OH excluding ortho intramolecular Hbond substituents is 1. The van der Waals surface area contributed by atoms with Crippen molar-refractivity contribution < 1.29 is 9.90 Å². The van der Waals surface area contributed by atoms with Crippen molar-refractivity contribution in [1.82, 2.24) is 14.2 Å². The van der Waals surface area contributed by atoms with Crippen molar-refractivity contribution in [2.75, 3.05) is 5.32 Å². The van der Waals surface area contributed by atoms with Crippen molar-refractivity contribution in [2.24, 2.45) is 5.10 Å². The highest BCUT2D eigenvalue weighted by Gasteiger charge is 2.07. The number of aromatic nitrogens is 2. The summed E-state index contributed by atoms with van der Waals surface area (Å²) < 4.78 is 8.80. The second kappa shape index (κ2) is 6.71. The van der Waals surface area contributed by atoms with E-state index in [4.69, 9.17) is 0 Å². The molecule has 1 heterocycles. The van der Waals surface area contributed by atoms with Crippen LogP contribution in [0.4, 0.5) is 10.5 Å². The van der Waals surface area contributed by atoms with Crippen molar-refractivity contribution in [3.8, 4) is 5.75 Å². The molecule has 0 saturated heterocycles. The molecule has 7 nitrogen and oxygen atoms in total. The number of carbonyl (C=O) groups excluding carboxylic acids is 1. The first-order valence-corrected chi connectivity index (χ1v) is 7.95. The Kier molecular flexibility index (Phi) is 4.49. The number of hydrogen-bond donors (Lipinski definition) is 3. The van der Waals surface area contributed by atoms with Crippen LogP contribution < -0.4 is 10.7 Å². The van der Waals surface area contributed by atoms with E-state index in [9.17, 15) is 9.90 Å². The van der Waals surface area contributed by atoms with Crippen LogP contribution in [-0.2, 0) is 0 Å². The van der Waals surface area contributed by atoms with Crippen LogP contribution in [-0.4, -0.2) is 26.1 Å². The molecule has 0 atom stereocenters. The molecule has 1 aromatic heterocycles. The van der Waals surface area contributed by atoms with Crippen LogP contribution in [0.5, 0.6) is 5.75 Å². The van der Waals surface area contributed by atoms with E-state index < -0.39 is 6.03 Å². The molecule has 0 radical (unpaired) electrons. The summed E-state index contributed by atoms with van der Waals surface area (Å²) in [6.45, 7) is 0. The van der Waals surface area contributed by atoms with Crippen LogP contribution in [0.2, 0.25) is 0 Å². The molecular weight excluding hydrogens is 382 g/mol. The van der Waals surface area contributed by atoms with E-state index in [1.165, 1.54) is 12.3 Å².